The molecular formula is C12H13BrFNO4. The number of aliphatic carboxylic acids is 1. The largest absolute Gasteiger partial charge is 0.490 e. The minimum absolute atomic E-state index is 0.115. The fraction of sp³-hybridized carbons (Fsp3) is 0.417. The molecule has 0 radical (unpaired) electrons. The van der Waals surface area contributed by atoms with Gasteiger partial charge in [-0.25, -0.2) is 4.39 Å². The molecule has 0 aliphatic carbocycles. The topological polar surface area (TPSA) is 81.8 Å². The van der Waals surface area contributed by atoms with E-state index >= 15 is 0 Å². The number of carboxylic acids is 1. The summed E-state index contributed by atoms with van der Waals surface area (Å²) in [5.41, 5.74) is 5.61. The standard InChI is InChI=1S/C12H13BrFNO4/c13-9-10(14)6(4-7(15)12(16)17)5-8-11(9)19-3-1-2-18-8/h5,7H,1-4,15H2,(H,16,17). The molecule has 3 N–H and O–H groups in total. The van der Waals surface area contributed by atoms with E-state index in [9.17, 15) is 9.18 Å². The first kappa shape index (κ1) is 14.1. The van der Waals surface area contributed by atoms with E-state index in [2.05, 4.69) is 15.9 Å². The SMILES string of the molecule is NC(Cc1cc2c(c(Br)c1F)OCCCO2)C(=O)O. The van der Waals surface area contributed by atoms with E-state index in [4.69, 9.17) is 20.3 Å². The van der Waals surface area contributed by atoms with Crippen molar-refractivity contribution in [2.24, 2.45) is 5.73 Å². The van der Waals surface area contributed by atoms with Crippen molar-refractivity contribution >= 4 is 21.9 Å². The molecule has 1 aromatic rings. The van der Waals surface area contributed by atoms with Gasteiger partial charge in [-0.15, -0.1) is 0 Å². The van der Waals surface area contributed by atoms with Crippen molar-refractivity contribution in [2.45, 2.75) is 18.9 Å². The highest BCUT2D eigenvalue weighted by molar-refractivity contribution is 9.10. The Morgan fingerprint density at radius 1 is 1.53 bits per heavy atom. The van der Waals surface area contributed by atoms with Crippen LogP contribution in [0.15, 0.2) is 10.5 Å². The molecular weight excluding hydrogens is 321 g/mol. The van der Waals surface area contributed by atoms with Gasteiger partial charge < -0.3 is 20.3 Å². The van der Waals surface area contributed by atoms with Crippen LogP contribution in [0.3, 0.4) is 0 Å². The molecule has 1 heterocycles. The van der Waals surface area contributed by atoms with Gasteiger partial charge in [-0.2, -0.15) is 0 Å². The van der Waals surface area contributed by atoms with Crippen molar-refractivity contribution in [1.29, 1.82) is 0 Å². The van der Waals surface area contributed by atoms with Crippen LogP contribution in [0.25, 0.3) is 0 Å². The summed E-state index contributed by atoms with van der Waals surface area (Å²) in [6, 6.07) is 0.287. The molecule has 1 atom stereocenters. The van der Waals surface area contributed by atoms with E-state index in [0.29, 0.717) is 31.1 Å². The lowest BCUT2D eigenvalue weighted by Gasteiger charge is -2.14. The molecule has 7 heteroatoms. The van der Waals surface area contributed by atoms with Gasteiger partial charge in [0.05, 0.1) is 17.7 Å². The highest BCUT2D eigenvalue weighted by Gasteiger charge is 2.23. The van der Waals surface area contributed by atoms with Crippen molar-refractivity contribution in [3.05, 3.63) is 21.9 Å². The lowest BCUT2D eigenvalue weighted by Crippen LogP contribution is -2.32. The van der Waals surface area contributed by atoms with Crippen LogP contribution in [-0.4, -0.2) is 30.3 Å². The zero-order valence-corrected chi connectivity index (χ0v) is 11.6. The Morgan fingerprint density at radius 2 is 2.21 bits per heavy atom. The van der Waals surface area contributed by atoms with Crippen LogP contribution >= 0.6 is 15.9 Å². The summed E-state index contributed by atoms with van der Waals surface area (Å²) >= 11 is 3.11. The predicted molar refractivity (Wildman–Crippen MR) is 69.0 cm³/mol. The molecule has 1 unspecified atom stereocenters. The van der Waals surface area contributed by atoms with Gasteiger partial charge >= 0.3 is 5.97 Å². The number of ether oxygens (including phenoxy) is 2. The third-order valence-corrected chi connectivity index (χ3v) is 3.46. The van der Waals surface area contributed by atoms with Crippen LogP contribution < -0.4 is 15.2 Å². The maximum absolute atomic E-state index is 14.1. The molecule has 5 nitrogen and oxygen atoms in total. The zero-order valence-electron chi connectivity index (χ0n) is 9.99. The molecule has 0 aromatic heterocycles. The number of rotatable bonds is 3. The number of carbonyl (C=O) groups is 1. The van der Waals surface area contributed by atoms with Crippen LogP contribution in [0.5, 0.6) is 11.5 Å². The van der Waals surface area contributed by atoms with Gasteiger partial charge in [0.2, 0.25) is 0 Å². The summed E-state index contributed by atoms with van der Waals surface area (Å²) < 4.78 is 25.1. The molecule has 2 rings (SSSR count). The highest BCUT2D eigenvalue weighted by atomic mass is 79.9. The van der Waals surface area contributed by atoms with Crippen molar-refractivity contribution in [1.82, 2.24) is 0 Å². The minimum atomic E-state index is -1.18. The molecule has 1 aromatic carbocycles. The lowest BCUT2D eigenvalue weighted by molar-refractivity contribution is -0.138. The van der Waals surface area contributed by atoms with E-state index in [1.54, 1.807) is 0 Å². The molecule has 1 aliphatic rings. The third-order valence-electron chi connectivity index (χ3n) is 2.75. The smallest absolute Gasteiger partial charge is 0.320 e. The van der Waals surface area contributed by atoms with E-state index in [1.807, 2.05) is 0 Å². The van der Waals surface area contributed by atoms with E-state index in [1.165, 1.54) is 6.07 Å². The van der Waals surface area contributed by atoms with Gasteiger partial charge in [-0.05, 0) is 27.6 Å². The molecule has 104 valence electrons. The van der Waals surface area contributed by atoms with Gasteiger partial charge in [0.15, 0.2) is 11.5 Å². The van der Waals surface area contributed by atoms with Gasteiger partial charge in [0.25, 0.3) is 0 Å². The van der Waals surface area contributed by atoms with Gasteiger partial charge in [-0.3, -0.25) is 4.79 Å². The van der Waals surface area contributed by atoms with Crippen LogP contribution in [0, 0.1) is 5.82 Å². The minimum Gasteiger partial charge on any atom is -0.490 e. The van der Waals surface area contributed by atoms with E-state index in [-0.39, 0.29) is 16.5 Å². The Morgan fingerprint density at radius 3 is 2.89 bits per heavy atom. The van der Waals surface area contributed by atoms with Gasteiger partial charge in [-0.1, -0.05) is 0 Å². The summed E-state index contributed by atoms with van der Waals surface area (Å²) in [5, 5.41) is 8.77. The Bertz CT molecular complexity index is 509. The number of nitrogens with two attached hydrogens (primary N) is 1. The first-order chi connectivity index (χ1) is 9.00. The average Bonchev–Trinajstić information content (AvgIpc) is 2.60. The van der Waals surface area contributed by atoms with Crippen LogP contribution in [0.4, 0.5) is 4.39 Å². The molecule has 0 spiro atoms. The number of hydrogen-bond donors (Lipinski definition) is 2. The fourth-order valence-corrected chi connectivity index (χ4v) is 2.33. The van der Waals surface area contributed by atoms with Crippen LogP contribution in [-0.2, 0) is 11.2 Å². The molecule has 19 heavy (non-hydrogen) atoms. The molecule has 0 fully saturated rings. The second-order valence-electron chi connectivity index (χ2n) is 4.19. The fourth-order valence-electron chi connectivity index (χ4n) is 1.77. The maximum atomic E-state index is 14.1. The first-order valence-corrected chi connectivity index (χ1v) is 6.55. The summed E-state index contributed by atoms with van der Waals surface area (Å²) in [7, 11) is 0. The lowest BCUT2D eigenvalue weighted by atomic mass is 10.1. The van der Waals surface area contributed by atoms with Gasteiger partial charge in [0.1, 0.15) is 11.9 Å². The number of benzene rings is 1. The Labute approximate surface area is 117 Å². The molecule has 1 aliphatic heterocycles. The Kier molecular flexibility index (Phi) is 4.26. The second kappa shape index (κ2) is 5.75. The van der Waals surface area contributed by atoms with Crippen molar-refractivity contribution in [3.63, 3.8) is 0 Å². The van der Waals surface area contributed by atoms with Crippen molar-refractivity contribution in [3.8, 4) is 11.5 Å². The normalized spacial score (nSPS) is 15.7. The number of halogens is 2. The van der Waals surface area contributed by atoms with E-state index in [0.717, 1.165) is 0 Å². The average molecular weight is 334 g/mol. The number of carboxylic acid groups (broad SMARTS) is 1. The maximum Gasteiger partial charge on any atom is 0.320 e. The molecule has 0 saturated heterocycles. The van der Waals surface area contributed by atoms with Crippen molar-refractivity contribution in [2.75, 3.05) is 13.2 Å². The van der Waals surface area contributed by atoms with Crippen LogP contribution in [0.2, 0.25) is 0 Å². The summed E-state index contributed by atoms with van der Waals surface area (Å²) in [6.07, 6.45) is 0.586. The Hall–Kier alpha value is -1.34. The summed E-state index contributed by atoms with van der Waals surface area (Å²) in [6.45, 7) is 0.911. The number of fused-ring (bicyclic) bond motifs is 1. The van der Waals surface area contributed by atoms with E-state index < -0.39 is 17.8 Å². The van der Waals surface area contributed by atoms with Gasteiger partial charge in [0, 0.05) is 12.8 Å². The summed E-state index contributed by atoms with van der Waals surface area (Å²) in [5.74, 6) is -1.04. The Balaban J connectivity index is 2.37. The molecule has 0 bridgehead atoms. The zero-order chi connectivity index (χ0) is 14.0. The predicted octanol–water partition coefficient (Wildman–Crippen LogP) is 1.70. The monoisotopic (exact) mass is 333 g/mol. The van der Waals surface area contributed by atoms with Crippen LogP contribution in [0.1, 0.15) is 12.0 Å². The second-order valence-corrected chi connectivity index (χ2v) is 4.98. The van der Waals surface area contributed by atoms with Crippen molar-refractivity contribution < 1.29 is 23.8 Å². The quantitative estimate of drug-likeness (QED) is 0.879. The third kappa shape index (κ3) is 2.98. The number of hydrogen-bond acceptors (Lipinski definition) is 4. The highest BCUT2D eigenvalue weighted by Crippen LogP contribution is 2.40. The summed E-state index contributed by atoms with van der Waals surface area (Å²) in [4.78, 5) is 10.7. The molecule has 0 amide bonds. The molecule has 0 saturated carbocycles. The first-order valence-electron chi connectivity index (χ1n) is 5.75.